The molecule has 0 aromatic carbocycles. The number of hydrogen-bond donors (Lipinski definition) is 1. The molecular weight excluding hydrogens is 226 g/mol. The molecular formula is C14H25N3O. The van der Waals surface area contributed by atoms with Crippen molar-refractivity contribution in [2.45, 2.75) is 51.2 Å². The summed E-state index contributed by atoms with van der Waals surface area (Å²) in [4.78, 5) is 4.40. The highest BCUT2D eigenvalue weighted by molar-refractivity contribution is 5.08. The lowest BCUT2D eigenvalue weighted by atomic mass is 9.74. The molecule has 18 heavy (non-hydrogen) atoms. The van der Waals surface area contributed by atoms with Crippen molar-refractivity contribution in [3.63, 3.8) is 0 Å². The van der Waals surface area contributed by atoms with Gasteiger partial charge in [-0.3, -0.25) is 0 Å². The van der Waals surface area contributed by atoms with E-state index in [0.29, 0.717) is 12.5 Å². The van der Waals surface area contributed by atoms with E-state index in [-0.39, 0.29) is 11.6 Å². The zero-order chi connectivity index (χ0) is 13.2. The molecule has 0 spiro atoms. The number of aryl methyl sites for hydroxylation is 1. The highest BCUT2D eigenvalue weighted by atomic mass is 16.5. The van der Waals surface area contributed by atoms with Crippen LogP contribution in [0.5, 0.6) is 0 Å². The highest BCUT2D eigenvalue weighted by Gasteiger charge is 2.43. The van der Waals surface area contributed by atoms with Crippen LogP contribution < -0.4 is 5.73 Å². The van der Waals surface area contributed by atoms with Crippen LogP contribution in [-0.2, 0) is 11.8 Å². The van der Waals surface area contributed by atoms with E-state index >= 15 is 0 Å². The molecule has 1 aliphatic rings. The van der Waals surface area contributed by atoms with E-state index in [1.165, 1.54) is 12.8 Å². The van der Waals surface area contributed by atoms with Crippen LogP contribution in [0.1, 0.15) is 51.4 Å². The van der Waals surface area contributed by atoms with Crippen LogP contribution in [-0.4, -0.2) is 21.8 Å². The van der Waals surface area contributed by atoms with E-state index in [2.05, 4.69) is 11.9 Å². The van der Waals surface area contributed by atoms with Crippen molar-refractivity contribution in [1.82, 2.24) is 9.55 Å². The smallest absolute Gasteiger partial charge is 0.128 e. The Balaban J connectivity index is 2.26. The van der Waals surface area contributed by atoms with Gasteiger partial charge in [-0.2, -0.15) is 0 Å². The molecule has 0 amide bonds. The third kappa shape index (κ3) is 2.45. The fourth-order valence-corrected chi connectivity index (χ4v) is 3.25. The zero-order valence-electron chi connectivity index (χ0n) is 11.7. The summed E-state index contributed by atoms with van der Waals surface area (Å²) in [6.45, 7) is 5.05. The molecule has 102 valence electrons. The van der Waals surface area contributed by atoms with E-state index < -0.39 is 0 Å². The molecule has 3 unspecified atom stereocenters. The van der Waals surface area contributed by atoms with Gasteiger partial charge in [0.05, 0.1) is 11.6 Å². The van der Waals surface area contributed by atoms with Crippen molar-refractivity contribution in [1.29, 1.82) is 0 Å². The van der Waals surface area contributed by atoms with Crippen LogP contribution in [0.4, 0.5) is 0 Å². The van der Waals surface area contributed by atoms with Crippen LogP contribution in [0.2, 0.25) is 0 Å². The molecule has 0 radical (unpaired) electrons. The van der Waals surface area contributed by atoms with Crippen LogP contribution in [0.15, 0.2) is 12.4 Å². The van der Waals surface area contributed by atoms with Gasteiger partial charge in [0, 0.05) is 26.0 Å². The van der Waals surface area contributed by atoms with Gasteiger partial charge in [0.1, 0.15) is 5.82 Å². The van der Waals surface area contributed by atoms with E-state index in [1.807, 2.05) is 24.7 Å². The number of aromatic nitrogens is 2. The minimum absolute atomic E-state index is 0.139. The lowest BCUT2D eigenvalue weighted by Crippen LogP contribution is -2.48. The van der Waals surface area contributed by atoms with Crippen molar-refractivity contribution >= 4 is 0 Å². The molecule has 1 aliphatic carbocycles. The van der Waals surface area contributed by atoms with Gasteiger partial charge in [-0.1, -0.05) is 19.8 Å². The first kappa shape index (κ1) is 13.6. The van der Waals surface area contributed by atoms with E-state index in [4.69, 9.17) is 10.5 Å². The summed E-state index contributed by atoms with van der Waals surface area (Å²) in [5.41, 5.74) is 6.26. The number of nitrogens with two attached hydrogens (primary N) is 1. The summed E-state index contributed by atoms with van der Waals surface area (Å²) in [7, 11) is 1.99. The van der Waals surface area contributed by atoms with Crippen LogP contribution >= 0.6 is 0 Å². The quantitative estimate of drug-likeness (QED) is 0.894. The molecule has 0 bridgehead atoms. The average Bonchev–Trinajstić information content (AvgIpc) is 2.75. The van der Waals surface area contributed by atoms with Crippen LogP contribution in [0.25, 0.3) is 0 Å². The summed E-state index contributed by atoms with van der Waals surface area (Å²) >= 11 is 0. The number of imidazole rings is 1. The molecule has 0 aliphatic heterocycles. The first-order valence-corrected chi connectivity index (χ1v) is 6.96. The maximum absolute atomic E-state index is 6.49. The van der Waals surface area contributed by atoms with Gasteiger partial charge in [0.2, 0.25) is 0 Å². The molecule has 1 aromatic rings. The normalized spacial score (nSPS) is 30.3. The Labute approximate surface area is 110 Å². The summed E-state index contributed by atoms with van der Waals surface area (Å²) < 4.78 is 8.11. The molecule has 2 N–H and O–H groups in total. The molecule has 1 heterocycles. The Hall–Kier alpha value is -0.870. The van der Waals surface area contributed by atoms with Gasteiger partial charge >= 0.3 is 0 Å². The summed E-state index contributed by atoms with van der Waals surface area (Å²) in [6.07, 6.45) is 8.30. The van der Waals surface area contributed by atoms with Gasteiger partial charge in [-0.15, -0.1) is 0 Å². The topological polar surface area (TPSA) is 53.1 Å². The van der Waals surface area contributed by atoms with Gasteiger partial charge in [0.15, 0.2) is 0 Å². The molecule has 3 atom stereocenters. The summed E-state index contributed by atoms with van der Waals surface area (Å²) in [5, 5.41) is 0. The Bertz CT molecular complexity index is 386. The SMILES string of the molecule is CCOC1(C(N)c2nccn2C)CCCC(C)C1. The maximum atomic E-state index is 6.49. The van der Waals surface area contributed by atoms with Crippen molar-refractivity contribution in [3.8, 4) is 0 Å². The lowest BCUT2D eigenvalue weighted by molar-refractivity contribution is -0.0958. The first-order valence-electron chi connectivity index (χ1n) is 6.96. The molecule has 1 fully saturated rings. The molecule has 1 aromatic heterocycles. The van der Waals surface area contributed by atoms with Gasteiger partial charge in [-0.05, 0) is 25.7 Å². The minimum atomic E-state index is -0.231. The van der Waals surface area contributed by atoms with Crippen molar-refractivity contribution < 1.29 is 4.74 Å². The molecule has 4 heteroatoms. The second kappa shape index (κ2) is 5.41. The predicted octanol–water partition coefficient (Wildman–Crippen LogP) is 2.41. The monoisotopic (exact) mass is 251 g/mol. The van der Waals surface area contributed by atoms with Crippen molar-refractivity contribution in [3.05, 3.63) is 18.2 Å². The van der Waals surface area contributed by atoms with Crippen LogP contribution in [0.3, 0.4) is 0 Å². The minimum Gasteiger partial charge on any atom is -0.373 e. The first-order chi connectivity index (χ1) is 8.59. The Morgan fingerprint density at radius 3 is 3.00 bits per heavy atom. The van der Waals surface area contributed by atoms with E-state index in [1.54, 1.807) is 6.20 Å². The lowest BCUT2D eigenvalue weighted by Gasteiger charge is -2.43. The fourth-order valence-electron chi connectivity index (χ4n) is 3.25. The predicted molar refractivity (Wildman–Crippen MR) is 72.1 cm³/mol. The standard InChI is InChI=1S/C14H25N3O/c1-4-18-14(7-5-6-11(2)10-14)12(15)13-16-8-9-17(13)3/h8-9,11-12H,4-7,10,15H2,1-3H3. The second-order valence-electron chi connectivity index (χ2n) is 5.57. The third-order valence-corrected chi connectivity index (χ3v) is 4.13. The van der Waals surface area contributed by atoms with Gasteiger partial charge < -0.3 is 15.0 Å². The zero-order valence-corrected chi connectivity index (χ0v) is 11.7. The van der Waals surface area contributed by atoms with Gasteiger partial charge in [-0.25, -0.2) is 4.98 Å². The number of ether oxygens (including phenoxy) is 1. The molecule has 4 nitrogen and oxygen atoms in total. The largest absolute Gasteiger partial charge is 0.373 e. The Morgan fingerprint density at radius 2 is 2.44 bits per heavy atom. The van der Waals surface area contributed by atoms with Crippen LogP contribution in [0, 0.1) is 5.92 Å². The summed E-state index contributed by atoms with van der Waals surface area (Å²) in [6, 6.07) is -0.139. The van der Waals surface area contributed by atoms with E-state index in [0.717, 1.165) is 18.7 Å². The number of hydrogen-bond acceptors (Lipinski definition) is 3. The molecule has 2 rings (SSSR count). The average molecular weight is 251 g/mol. The Morgan fingerprint density at radius 1 is 1.67 bits per heavy atom. The van der Waals surface area contributed by atoms with Crippen molar-refractivity contribution in [2.75, 3.05) is 6.61 Å². The highest BCUT2D eigenvalue weighted by Crippen LogP contribution is 2.42. The number of nitrogens with zero attached hydrogens (tertiary/aromatic N) is 2. The molecule has 0 saturated heterocycles. The summed E-state index contributed by atoms with van der Waals surface area (Å²) in [5.74, 6) is 1.61. The Kier molecular flexibility index (Phi) is 4.07. The third-order valence-electron chi connectivity index (χ3n) is 4.13. The fraction of sp³-hybridized carbons (Fsp3) is 0.786. The number of rotatable bonds is 4. The van der Waals surface area contributed by atoms with E-state index in [9.17, 15) is 0 Å². The molecule has 1 saturated carbocycles. The van der Waals surface area contributed by atoms with Crippen molar-refractivity contribution in [2.24, 2.45) is 18.7 Å². The van der Waals surface area contributed by atoms with Gasteiger partial charge in [0.25, 0.3) is 0 Å². The maximum Gasteiger partial charge on any atom is 0.128 e. The second-order valence-corrected chi connectivity index (χ2v) is 5.57.